The van der Waals surface area contributed by atoms with E-state index in [0.29, 0.717) is 18.4 Å². The molecule has 2 aliphatic rings. The van der Waals surface area contributed by atoms with Gasteiger partial charge in [0.25, 0.3) is 0 Å². The molecule has 3 N–H and O–H groups in total. The van der Waals surface area contributed by atoms with E-state index >= 15 is 0 Å². The summed E-state index contributed by atoms with van der Waals surface area (Å²) in [4.78, 5) is 11.7. The van der Waals surface area contributed by atoms with Gasteiger partial charge in [0.2, 0.25) is 0 Å². The first kappa shape index (κ1) is 12.7. The summed E-state index contributed by atoms with van der Waals surface area (Å²) in [5.41, 5.74) is 0. The number of aliphatic hydroxyl groups excluding tert-OH is 1. The predicted octanol–water partition coefficient (Wildman–Crippen LogP) is 1.78. The molecule has 2 rings (SSSR count). The molecule has 0 aromatic rings. The molecule has 17 heavy (non-hydrogen) atoms. The van der Waals surface area contributed by atoms with E-state index in [4.69, 9.17) is 5.11 Å². The zero-order valence-electron chi connectivity index (χ0n) is 10.5. The van der Waals surface area contributed by atoms with E-state index in [0.717, 1.165) is 12.8 Å². The molecule has 0 spiro atoms. The van der Waals surface area contributed by atoms with E-state index < -0.39 is 0 Å². The van der Waals surface area contributed by atoms with Gasteiger partial charge in [0.1, 0.15) is 0 Å². The second-order valence-electron chi connectivity index (χ2n) is 5.41. The Labute approximate surface area is 103 Å². The molecule has 0 heterocycles. The zero-order valence-corrected chi connectivity index (χ0v) is 10.5. The van der Waals surface area contributed by atoms with Gasteiger partial charge in [-0.15, -0.1) is 0 Å². The maximum atomic E-state index is 11.7. The monoisotopic (exact) mass is 240 g/mol. The normalized spacial score (nSPS) is 23.1. The number of hydrogen-bond acceptors (Lipinski definition) is 2. The average molecular weight is 240 g/mol. The molecule has 2 amide bonds. The first-order valence-corrected chi connectivity index (χ1v) is 6.97. The lowest BCUT2D eigenvalue weighted by Gasteiger charge is -2.30. The highest BCUT2D eigenvalue weighted by molar-refractivity contribution is 5.74. The SMILES string of the molecule is O=C(NC1CC1)N[C@H](CCO)C1CCCCC1. The number of amides is 2. The summed E-state index contributed by atoms with van der Waals surface area (Å²) in [6.07, 6.45) is 9.13. The lowest BCUT2D eigenvalue weighted by molar-refractivity contribution is 0.196. The third-order valence-corrected chi connectivity index (χ3v) is 3.89. The van der Waals surface area contributed by atoms with Crippen molar-refractivity contribution in [2.45, 2.75) is 63.5 Å². The number of aliphatic hydroxyl groups is 1. The van der Waals surface area contributed by atoms with Gasteiger partial charge >= 0.3 is 6.03 Å². The molecule has 0 aromatic carbocycles. The second kappa shape index (κ2) is 6.24. The average Bonchev–Trinajstić information content (AvgIpc) is 3.13. The van der Waals surface area contributed by atoms with Gasteiger partial charge in [-0.25, -0.2) is 4.79 Å². The molecule has 98 valence electrons. The highest BCUT2D eigenvalue weighted by Gasteiger charge is 2.27. The Bertz CT molecular complexity index is 248. The molecule has 0 unspecified atom stereocenters. The van der Waals surface area contributed by atoms with Crippen molar-refractivity contribution < 1.29 is 9.90 Å². The highest BCUT2D eigenvalue weighted by Crippen LogP contribution is 2.27. The van der Waals surface area contributed by atoms with Crippen LogP contribution in [0.5, 0.6) is 0 Å². The Morgan fingerprint density at radius 3 is 2.47 bits per heavy atom. The summed E-state index contributed by atoms with van der Waals surface area (Å²) in [6, 6.07) is 0.506. The van der Waals surface area contributed by atoms with Crippen LogP contribution in [0.4, 0.5) is 4.79 Å². The fraction of sp³-hybridized carbons (Fsp3) is 0.923. The summed E-state index contributed by atoms with van der Waals surface area (Å²) in [7, 11) is 0. The first-order valence-electron chi connectivity index (χ1n) is 6.97. The molecule has 2 fully saturated rings. The summed E-state index contributed by atoms with van der Waals surface area (Å²) in [5.74, 6) is 0.556. The Balaban J connectivity index is 1.79. The van der Waals surface area contributed by atoms with Gasteiger partial charge < -0.3 is 15.7 Å². The molecule has 0 radical (unpaired) electrons. The van der Waals surface area contributed by atoms with Crippen molar-refractivity contribution in [2.24, 2.45) is 5.92 Å². The lowest BCUT2D eigenvalue weighted by atomic mass is 9.83. The molecular formula is C13H24N2O2. The highest BCUT2D eigenvalue weighted by atomic mass is 16.3. The van der Waals surface area contributed by atoms with Crippen LogP contribution in [0.2, 0.25) is 0 Å². The lowest BCUT2D eigenvalue weighted by Crippen LogP contribution is -2.47. The molecule has 4 nitrogen and oxygen atoms in total. The van der Waals surface area contributed by atoms with Crippen LogP contribution in [0, 0.1) is 5.92 Å². The number of hydrogen-bond donors (Lipinski definition) is 3. The number of carbonyl (C=O) groups is 1. The quantitative estimate of drug-likeness (QED) is 0.686. The fourth-order valence-electron chi connectivity index (χ4n) is 2.72. The smallest absolute Gasteiger partial charge is 0.315 e. The topological polar surface area (TPSA) is 61.4 Å². The number of urea groups is 1. The van der Waals surface area contributed by atoms with Gasteiger partial charge in [-0.3, -0.25) is 0 Å². The zero-order chi connectivity index (χ0) is 12.1. The van der Waals surface area contributed by atoms with Gasteiger partial charge in [-0.1, -0.05) is 19.3 Å². The summed E-state index contributed by atoms with van der Waals surface area (Å²) >= 11 is 0. The molecule has 2 aliphatic carbocycles. The standard InChI is InChI=1S/C13H24N2O2/c16-9-8-12(10-4-2-1-3-5-10)15-13(17)14-11-6-7-11/h10-12,16H,1-9H2,(H2,14,15,17)/t12-/m1/s1. The maximum Gasteiger partial charge on any atom is 0.315 e. The Morgan fingerprint density at radius 1 is 1.18 bits per heavy atom. The van der Waals surface area contributed by atoms with Crippen molar-refractivity contribution >= 4 is 6.03 Å². The van der Waals surface area contributed by atoms with Crippen LogP contribution in [0.1, 0.15) is 51.4 Å². The van der Waals surface area contributed by atoms with E-state index in [2.05, 4.69) is 10.6 Å². The van der Waals surface area contributed by atoms with Gasteiger partial charge in [0, 0.05) is 18.7 Å². The minimum absolute atomic E-state index is 0.0449. The van der Waals surface area contributed by atoms with Crippen molar-refractivity contribution in [1.29, 1.82) is 0 Å². The van der Waals surface area contributed by atoms with Crippen LogP contribution >= 0.6 is 0 Å². The Morgan fingerprint density at radius 2 is 1.88 bits per heavy atom. The Kier molecular flexibility index (Phi) is 4.66. The Hall–Kier alpha value is -0.770. The van der Waals surface area contributed by atoms with E-state index in [-0.39, 0.29) is 18.7 Å². The largest absolute Gasteiger partial charge is 0.396 e. The van der Waals surface area contributed by atoms with E-state index in [9.17, 15) is 4.79 Å². The van der Waals surface area contributed by atoms with Crippen LogP contribution in [-0.4, -0.2) is 29.8 Å². The number of carbonyl (C=O) groups excluding carboxylic acids is 1. The maximum absolute atomic E-state index is 11.7. The van der Waals surface area contributed by atoms with Crippen LogP contribution in [0.3, 0.4) is 0 Å². The molecule has 0 saturated heterocycles. The van der Waals surface area contributed by atoms with Crippen molar-refractivity contribution in [2.75, 3.05) is 6.61 Å². The van der Waals surface area contributed by atoms with Gasteiger partial charge in [0.15, 0.2) is 0 Å². The van der Waals surface area contributed by atoms with E-state index in [1.54, 1.807) is 0 Å². The summed E-state index contributed by atoms with van der Waals surface area (Å²) < 4.78 is 0. The molecule has 0 aromatic heterocycles. The van der Waals surface area contributed by atoms with E-state index in [1.807, 2.05) is 0 Å². The van der Waals surface area contributed by atoms with Crippen molar-refractivity contribution in [3.63, 3.8) is 0 Å². The molecule has 0 bridgehead atoms. The molecular weight excluding hydrogens is 216 g/mol. The third-order valence-electron chi connectivity index (χ3n) is 3.89. The minimum Gasteiger partial charge on any atom is -0.396 e. The first-order chi connectivity index (χ1) is 8.29. The third kappa shape index (κ3) is 4.19. The van der Waals surface area contributed by atoms with Crippen molar-refractivity contribution in [1.82, 2.24) is 10.6 Å². The van der Waals surface area contributed by atoms with Crippen LogP contribution in [0.25, 0.3) is 0 Å². The van der Waals surface area contributed by atoms with Crippen LogP contribution in [0.15, 0.2) is 0 Å². The van der Waals surface area contributed by atoms with Crippen molar-refractivity contribution in [3.05, 3.63) is 0 Å². The summed E-state index contributed by atoms with van der Waals surface area (Å²) in [5, 5.41) is 15.1. The predicted molar refractivity (Wildman–Crippen MR) is 66.8 cm³/mol. The minimum atomic E-state index is -0.0449. The fourth-order valence-corrected chi connectivity index (χ4v) is 2.72. The molecule has 2 saturated carbocycles. The van der Waals surface area contributed by atoms with Gasteiger partial charge in [-0.05, 0) is 38.0 Å². The van der Waals surface area contributed by atoms with Gasteiger partial charge in [-0.2, -0.15) is 0 Å². The summed E-state index contributed by atoms with van der Waals surface area (Å²) in [6.45, 7) is 0.158. The van der Waals surface area contributed by atoms with E-state index in [1.165, 1.54) is 32.1 Å². The molecule has 1 atom stereocenters. The van der Waals surface area contributed by atoms with Crippen LogP contribution < -0.4 is 10.6 Å². The van der Waals surface area contributed by atoms with Crippen LogP contribution in [-0.2, 0) is 0 Å². The molecule has 4 heteroatoms. The number of nitrogens with one attached hydrogen (secondary N) is 2. The number of rotatable bonds is 5. The second-order valence-corrected chi connectivity index (χ2v) is 5.41. The molecule has 0 aliphatic heterocycles. The van der Waals surface area contributed by atoms with Crippen molar-refractivity contribution in [3.8, 4) is 0 Å². The van der Waals surface area contributed by atoms with Gasteiger partial charge in [0.05, 0.1) is 0 Å².